The number of piperazine rings is 1. The van der Waals surface area contributed by atoms with E-state index in [1.165, 1.54) is 11.3 Å². The van der Waals surface area contributed by atoms with Crippen LogP contribution in [-0.4, -0.2) is 38.9 Å². The number of nitrogens with one attached hydrogen (secondary N) is 1. The largest absolute Gasteiger partial charge is 0.314 e. The lowest BCUT2D eigenvalue weighted by atomic mass is 10.0. The summed E-state index contributed by atoms with van der Waals surface area (Å²) in [6.07, 6.45) is 5.91. The maximum absolute atomic E-state index is 4.68. The molecule has 5 heteroatoms. The highest BCUT2D eigenvalue weighted by Gasteiger charge is 2.25. The molecule has 1 saturated heterocycles. The van der Waals surface area contributed by atoms with Crippen LogP contribution in [0.3, 0.4) is 0 Å². The molecular weight excluding hydrogens is 286 g/mol. The molecule has 4 rings (SSSR count). The van der Waals surface area contributed by atoms with Crippen molar-refractivity contribution in [2.75, 3.05) is 19.6 Å². The molecule has 1 aliphatic heterocycles. The Morgan fingerprint density at radius 1 is 1.26 bits per heavy atom. The summed E-state index contributed by atoms with van der Waals surface area (Å²) in [5, 5.41) is 3.50. The molecule has 0 aromatic carbocycles. The van der Waals surface area contributed by atoms with Gasteiger partial charge in [0.15, 0.2) is 0 Å². The van der Waals surface area contributed by atoms with Gasteiger partial charge in [-0.25, -0.2) is 4.98 Å². The second kappa shape index (κ2) is 6.10. The molecule has 0 saturated carbocycles. The molecule has 5 nitrogen and oxygen atoms in total. The van der Waals surface area contributed by atoms with E-state index in [0.717, 1.165) is 37.5 Å². The van der Waals surface area contributed by atoms with Crippen LogP contribution >= 0.6 is 0 Å². The van der Waals surface area contributed by atoms with E-state index in [1.807, 2.05) is 24.5 Å². The molecule has 0 bridgehead atoms. The lowest BCUT2D eigenvalue weighted by Gasteiger charge is -2.36. The maximum atomic E-state index is 4.68. The predicted molar refractivity (Wildman–Crippen MR) is 90.2 cm³/mol. The number of fused-ring (bicyclic) bond motifs is 1. The molecule has 1 unspecified atom stereocenters. The van der Waals surface area contributed by atoms with Gasteiger partial charge in [0, 0.05) is 50.8 Å². The number of aromatic nitrogens is 3. The van der Waals surface area contributed by atoms with Crippen LogP contribution in [0.2, 0.25) is 0 Å². The fourth-order valence-corrected chi connectivity index (χ4v) is 3.38. The average molecular weight is 307 g/mol. The van der Waals surface area contributed by atoms with E-state index in [9.17, 15) is 0 Å². The molecule has 1 aliphatic rings. The third-order valence-corrected chi connectivity index (χ3v) is 4.61. The molecule has 4 heterocycles. The number of aryl methyl sites for hydroxylation is 1. The van der Waals surface area contributed by atoms with Gasteiger partial charge in [0.25, 0.3) is 0 Å². The molecule has 118 valence electrons. The van der Waals surface area contributed by atoms with Crippen molar-refractivity contribution in [3.05, 3.63) is 65.9 Å². The van der Waals surface area contributed by atoms with E-state index in [4.69, 9.17) is 0 Å². The lowest BCUT2D eigenvalue weighted by Crippen LogP contribution is -2.45. The van der Waals surface area contributed by atoms with Crippen molar-refractivity contribution in [3.8, 4) is 0 Å². The highest BCUT2D eigenvalue weighted by molar-refractivity contribution is 5.42. The summed E-state index contributed by atoms with van der Waals surface area (Å²) in [7, 11) is 0. The van der Waals surface area contributed by atoms with E-state index in [1.54, 1.807) is 0 Å². The van der Waals surface area contributed by atoms with Crippen molar-refractivity contribution >= 4 is 5.65 Å². The van der Waals surface area contributed by atoms with E-state index in [-0.39, 0.29) is 0 Å². The van der Waals surface area contributed by atoms with Gasteiger partial charge in [0.2, 0.25) is 0 Å². The molecule has 23 heavy (non-hydrogen) atoms. The summed E-state index contributed by atoms with van der Waals surface area (Å²) in [5.41, 5.74) is 4.68. The zero-order valence-corrected chi connectivity index (χ0v) is 13.3. The van der Waals surface area contributed by atoms with E-state index in [0.29, 0.717) is 6.04 Å². The van der Waals surface area contributed by atoms with Crippen LogP contribution < -0.4 is 5.32 Å². The maximum Gasteiger partial charge on any atom is 0.137 e. The first-order valence-corrected chi connectivity index (χ1v) is 8.10. The Labute approximate surface area is 136 Å². The molecule has 3 aromatic rings. The average Bonchev–Trinajstić information content (AvgIpc) is 2.92. The first kappa shape index (κ1) is 14.4. The smallest absolute Gasteiger partial charge is 0.137 e. The van der Waals surface area contributed by atoms with Gasteiger partial charge in [-0.3, -0.25) is 9.88 Å². The first-order chi connectivity index (χ1) is 11.3. The second-order valence-electron chi connectivity index (χ2n) is 6.05. The van der Waals surface area contributed by atoms with E-state index in [2.05, 4.69) is 55.9 Å². The van der Waals surface area contributed by atoms with Gasteiger partial charge in [-0.05, 0) is 30.7 Å². The van der Waals surface area contributed by atoms with Gasteiger partial charge in [0.05, 0.1) is 11.4 Å². The number of nitrogens with zero attached hydrogens (tertiary/aromatic N) is 4. The van der Waals surface area contributed by atoms with Crippen LogP contribution in [0.15, 0.2) is 48.9 Å². The van der Waals surface area contributed by atoms with Crippen LogP contribution in [0, 0.1) is 6.92 Å². The summed E-state index contributed by atoms with van der Waals surface area (Å²) in [4.78, 5) is 11.5. The van der Waals surface area contributed by atoms with Gasteiger partial charge in [0.1, 0.15) is 5.65 Å². The quantitative estimate of drug-likeness (QED) is 0.805. The number of hydrogen-bond donors (Lipinski definition) is 1. The number of hydrogen-bond acceptors (Lipinski definition) is 4. The zero-order chi connectivity index (χ0) is 15.6. The van der Waals surface area contributed by atoms with Gasteiger partial charge in [-0.15, -0.1) is 0 Å². The topological polar surface area (TPSA) is 45.5 Å². The Morgan fingerprint density at radius 2 is 2.22 bits per heavy atom. The summed E-state index contributed by atoms with van der Waals surface area (Å²) in [6.45, 7) is 6.01. The normalized spacial score (nSPS) is 19.3. The van der Waals surface area contributed by atoms with Crippen molar-refractivity contribution in [1.29, 1.82) is 0 Å². The molecule has 0 spiro atoms. The molecule has 3 aromatic heterocycles. The molecule has 0 aliphatic carbocycles. The minimum absolute atomic E-state index is 0.353. The van der Waals surface area contributed by atoms with Crippen LogP contribution in [0.5, 0.6) is 0 Å². The monoisotopic (exact) mass is 307 g/mol. The molecule has 0 amide bonds. The number of pyridine rings is 2. The Balaban J connectivity index is 1.66. The summed E-state index contributed by atoms with van der Waals surface area (Å²) < 4.78 is 2.21. The van der Waals surface area contributed by atoms with Crippen molar-refractivity contribution in [1.82, 2.24) is 24.6 Å². The van der Waals surface area contributed by atoms with Crippen LogP contribution in [0.1, 0.15) is 23.0 Å². The zero-order valence-electron chi connectivity index (χ0n) is 13.3. The lowest BCUT2D eigenvalue weighted by molar-refractivity contribution is 0.151. The SMILES string of the molecule is Cc1nc2ccccn2c1CN1CCNCC1c1cccnc1. The van der Waals surface area contributed by atoms with Gasteiger partial charge in [-0.2, -0.15) is 0 Å². The second-order valence-corrected chi connectivity index (χ2v) is 6.05. The van der Waals surface area contributed by atoms with E-state index >= 15 is 0 Å². The standard InChI is InChI=1S/C18H21N5/c1-14-17(23-9-3-2-6-18(23)21-14)13-22-10-8-20-12-16(22)15-5-4-7-19-11-15/h2-7,9,11,16,20H,8,10,12-13H2,1H3. The molecule has 1 fully saturated rings. The molecule has 1 N–H and O–H groups in total. The predicted octanol–water partition coefficient (Wildman–Crippen LogP) is 2.18. The fourth-order valence-electron chi connectivity index (χ4n) is 3.38. The highest BCUT2D eigenvalue weighted by atomic mass is 15.2. The van der Waals surface area contributed by atoms with Gasteiger partial charge >= 0.3 is 0 Å². The Kier molecular flexibility index (Phi) is 3.81. The third-order valence-electron chi connectivity index (χ3n) is 4.61. The fraction of sp³-hybridized carbons (Fsp3) is 0.333. The number of rotatable bonds is 3. The van der Waals surface area contributed by atoms with Crippen molar-refractivity contribution in [2.24, 2.45) is 0 Å². The van der Waals surface area contributed by atoms with Crippen LogP contribution in [0.4, 0.5) is 0 Å². The van der Waals surface area contributed by atoms with E-state index < -0.39 is 0 Å². The third kappa shape index (κ3) is 2.73. The summed E-state index contributed by atoms with van der Waals surface area (Å²) in [6, 6.07) is 10.7. The Hall–Kier alpha value is -2.24. The number of imidazole rings is 1. The van der Waals surface area contributed by atoms with Crippen LogP contribution in [0.25, 0.3) is 5.65 Å². The molecular formula is C18H21N5. The first-order valence-electron chi connectivity index (χ1n) is 8.10. The van der Waals surface area contributed by atoms with Crippen molar-refractivity contribution in [3.63, 3.8) is 0 Å². The minimum atomic E-state index is 0.353. The Bertz CT molecular complexity index is 796. The Morgan fingerprint density at radius 3 is 3.09 bits per heavy atom. The highest BCUT2D eigenvalue weighted by Crippen LogP contribution is 2.24. The van der Waals surface area contributed by atoms with Gasteiger partial charge in [-0.1, -0.05) is 12.1 Å². The minimum Gasteiger partial charge on any atom is -0.314 e. The van der Waals surface area contributed by atoms with Crippen molar-refractivity contribution < 1.29 is 0 Å². The molecule has 0 radical (unpaired) electrons. The van der Waals surface area contributed by atoms with Gasteiger partial charge < -0.3 is 9.72 Å². The summed E-state index contributed by atoms with van der Waals surface area (Å²) >= 11 is 0. The molecule has 1 atom stereocenters. The van der Waals surface area contributed by atoms with Crippen LogP contribution in [-0.2, 0) is 6.54 Å². The summed E-state index contributed by atoms with van der Waals surface area (Å²) in [5.74, 6) is 0. The van der Waals surface area contributed by atoms with Crippen molar-refractivity contribution in [2.45, 2.75) is 19.5 Å².